The van der Waals surface area contributed by atoms with Gasteiger partial charge in [-0.3, -0.25) is 0 Å². The highest BCUT2D eigenvalue weighted by Crippen LogP contribution is 2.53. The average molecular weight is 661 g/mol. The molecule has 2 heteroatoms. The Balaban J connectivity index is 1.22. The zero-order valence-corrected chi connectivity index (χ0v) is 30.0. The monoisotopic (exact) mass is 660 g/mol. The summed E-state index contributed by atoms with van der Waals surface area (Å²) < 4.78 is 0. The Labute approximate surface area is 303 Å². The van der Waals surface area contributed by atoms with Crippen molar-refractivity contribution in [1.29, 1.82) is 0 Å². The lowest BCUT2D eigenvalue weighted by Gasteiger charge is -2.30. The van der Waals surface area contributed by atoms with Crippen LogP contribution in [0.5, 0.6) is 0 Å². The first-order valence-electron chi connectivity index (χ1n) is 17.9. The molecule has 0 amide bonds. The normalized spacial score (nSPS) is 17.0. The summed E-state index contributed by atoms with van der Waals surface area (Å²) in [5.41, 5.74) is 15.5. The molecule has 0 bridgehead atoms. The van der Waals surface area contributed by atoms with Crippen LogP contribution < -0.4 is 9.80 Å². The van der Waals surface area contributed by atoms with Crippen molar-refractivity contribution in [1.82, 2.24) is 0 Å². The lowest BCUT2D eigenvalue weighted by atomic mass is 9.74. The molecule has 0 heterocycles. The van der Waals surface area contributed by atoms with E-state index in [9.17, 15) is 0 Å². The predicted molar refractivity (Wildman–Crippen MR) is 218 cm³/mol. The van der Waals surface area contributed by atoms with Gasteiger partial charge in [-0.1, -0.05) is 125 Å². The maximum atomic E-state index is 4.69. The van der Waals surface area contributed by atoms with Crippen molar-refractivity contribution in [3.63, 3.8) is 0 Å². The largest absolute Gasteiger partial charge is 0.311 e. The average Bonchev–Trinajstić information content (AvgIpc) is 3.40. The molecule has 250 valence electrons. The van der Waals surface area contributed by atoms with Gasteiger partial charge in [0.05, 0.1) is 0 Å². The maximum Gasteiger partial charge on any atom is 0.0465 e. The van der Waals surface area contributed by atoms with Crippen LogP contribution in [0.3, 0.4) is 0 Å². The Kier molecular flexibility index (Phi) is 8.11. The number of nitrogens with zero attached hydrogens (tertiary/aromatic N) is 2. The highest BCUT2D eigenvalue weighted by molar-refractivity contribution is 5.89. The highest BCUT2D eigenvalue weighted by Gasteiger charge is 2.38. The van der Waals surface area contributed by atoms with E-state index in [0.29, 0.717) is 0 Å². The summed E-state index contributed by atoms with van der Waals surface area (Å²) in [4.78, 5) is 4.71. The molecule has 0 aliphatic heterocycles. The molecule has 51 heavy (non-hydrogen) atoms. The second-order valence-corrected chi connectivity index (χ2v) is 14.9. The minimum absolute atomic E-state index is 0.145. The second-order valence-electron chi connectivity index (χ2n) is 14.9. The minimum atomic E-state index is -0.192. The number of fused-ring (bicyclic) bond motifs is 4. The third-order valence-corrected chi connectivity index (χ3v) is 10.7. The van der Waals surface area contributed by atoms with Crippen LogP contribution in [0.2, 0.25) is 0 Å². The summed E-state index contributed by atoms with van der Waals surface area (Å²) in [7, 11) is 0. The van der Waals surface area contributed by atoms with Gasteiger partial charge in [0.25, 0.3) is 0 Å². The van der Waals surface area contributed by atoms with Crippen LogP contribution in [-0.2, 0) is 10.8 Å². The van der Waals surface area contributed by atoms with Gasteiger partial charge >= 0.3 is 0 Å². The Morgan fingerprint density at radius 2 is 0.922 bits per heavy atom. The SMILES string of the molecule is C=C1/C=C\C(N(c2ccccc2)c2ccccc2)=C/CC(C)(C)c2cc3c(cc21)C(C)(C)c1cc(N(c2ccccc2)c2ccccc2)ccc1-3. The van der Waals surface area contributed by atoms with Crippen molar-refractivity contribution < 1.29 is 0 Å². The molecule has 8 rings (SSSR count). The molecule has 6 aromatic carbocycles. The van der Waals surface area contributed by atoms with Crippen LogP contribution in [0.15, 0.2) is 182 Å². The molecule has 0 fully saturated rings. The topological polar surface area (TPSA) is 6.48 Å². The molecule has 0 N–H and O–H groups in total. The molecule has 0 saturated carbocycles. The smallest absolute Gasteiger partial charge is 0.0465 e. The van der Waals surface area contributed by atoms with Gasteiger partial charge in [-0.2, -0.15) is 0 Å². The van der Waals surface area contributed by atoms with E-state index in [1.165, 1.54) is 33.4 Å². The first-order valence-corrected chi connectivity index (χ1v) is 17.9. The summed E-state index contributed by atoms with van der Waals surface area (Å²) in [5, 5.41) is 0. The van der Waals surface area contributed by atoms with Gasteiger partial charge in [0.1, 0.15) is 0 Å². The van der Waals surface area contributed by atoms with E-state index in [4.69, 9.17) is 6.58 Å². The van der Waals surface area contributed by atoms with Crippen molar-refractivity contribution in [2.45, 2.75) is 44.9 Å². The lowest BCUT2D eigenvalue weighted by Crippen LogP contribution is -2.21. The molecule has 0 radical (unpaired) electrons. The van der Waals surface area contributed by atoms with Gasteiger partial charge in [0.15, 0.2) is 0 Å². The van der Waals surface area contributed by atoms with E-state index >= 15 is 0 Å². The van der Waals surface area contributed by atoms with E-state index in [1.807, 2.05) is 0 Å². The van der Waals surface area contributed by atoms with Crippen molar-refractivity contribution in [3.8, 4) is 11.1 Å². The third kappa shape index (κ3) is 5.81. The van der Waals surface area contributed by atoms with E-state index in [0.717, 1.165) is 46.1 Å². The number of allylic oxidation sites excluding steroid dienone is 4. The molecule has 6 aromatic rings. The van der Waals surface area contributed by atoms with Crippen molar-refractivity contribution in [2.24, 2.45) is 0 Å². The fraction of sp³-hybridized carbons (Fsp3) is 0.143. The zero-order chi connectivity index (χ0) is 35.2. The minimum Gasteiger partial charge on any atom is -0.311 e. The van der Waals surface area contributed by atoms with Crippen LogP contribution in [0.4, 0.5) is 28.4 Å². The number of rotatable bonds is 6. The van der Waals surface area contributed by atoms with Crippen molar-refractivity contribution in [3.05, 3.63) is 204 Å². The first-order chi connectivity index (χ1) is 24.7. The zero-order valence-electron chi connectivity index (χ0n) is 30.0. The standard InChI is InChI=1S/C49H44N2/c1-35-26-27-40(50(36-18-10-6-11-19-36)37-20-12-7-13-21-37)30-31-48(2,3)45-34-44-42-29-28-41(32-46(42)49(4,5)47(44)33-43(35)45)51(38-22-14-8-15-23-38)39-24-16-9-17-25-39/h6-30,32-34H,1,31H2,2-5H3/b27-26-,40-30+. The molecule has 2 aliphatic carbocycles. The van der Waals surface area contributed by atoms with Crippen LogP contribution in [-0.4, -0.2) is 0 Å². The number of para-hydroxylation sites is 4. The summed E-state index contributed by atoms with van der Waals surface area (Å²) in [6.45, 7) is 14.2. The molecule has 2 nitrogen and oxygen atoms in total. The van der Waals surface area contributed by atoms with Gasteiger partial charge in [-0.15, -0.1) is 0 Å². The second kappa shape index (κ2) is 12.8. The van der Waals surface area contributed by atoms with Gasteiger partial charge in [-0.25, -0.2) is 0 Å². The summed E-state index contributed by atoms with van der Waals surface area (Å²) >= 11 is 0. The lowest BCUT2D eigenvalue weighted by molar-refractivity contribution is 0.531. The van der Waals surface area contributed by atoms with Crippen molar-refractivity contribution in [2.75, 3.05) is 9.80 Å². The van der Waals surface area contributed by atoms with Crippen molar-refractivity contribution >= 4 is 34.0 Å². The Hall–Kier alpha value is -5.86. The predicted octanol–water partition coefficient (Wildman–Crippen LogP) is 13.4. The maximum absolute atomic E-state index is 4.69. The Morgan fingerprint density at radius 1 is 0.451 bits per heavy atom. The van der Waals surface area contributed by atoms with E-state index in [2.05, 4.69) is 207 Å². The quantitative estimate of drug-likeness (QED) is 0.175. The number of anilines is 5. The summed E-state index contributed by atoms with van der Waals surface area (Å²) in [6.07, 6.45) is 7.73. The molecule has 2 aliphatic rings. The van der Waals surface area contributed by atoms with Gasteiger partial charge in [0, 0.05) is 39.5 Å². The first kappa shape index (κ1) is 32.4. The number of hydrogen-bond acceptors (Lipinski definition) is 2. The van der Waals surface area contributed by atoms with Crippen LogP contribution in [0.25, 0.3) is 16.7 Å². The van der Waals surface area contributed by atoms with Crippen LogP contribution in [0.1, 0.15) is 56.4 Å². The molecule has 0 unspecified atom stereocenters. The fourth-order valence-electron chi connectivity index (χ4n) is 7.92. The Bertz CT molecular complexity index is 2200. The van der Waals surface area contributed by atoms with Crippen LogP contribution >= 0.6 is 0 Å². The summed E-state index contributed by atoms with van der Waals surface area (Å²) in [5.74, 6) is 0. The number of benzene rings is 6. The van der Waals surface area contributed by atoms with Gasteiger partial charge < -0.3 is 9.80 Å². The number of hydrogen-bond donors (Lipinski definition) is 0. The molecular formula is C49H44N2. The highest BCUT2D eigenvalue weighted by atomic mass is 15.1. The molecule has 0 spiro atoms. The van der Waals surface area contributed by atoms with Gasteiger partial charge in [-0.05, 0) is 130 Å². The molecular weight excluding hydrogens is 617 g/mol. The van der Waals surface area contributed by atoms with E-state index in [1.54, 1.807) is 0 Å². The molecule has 0 aromatic heterocycles. The van der Waals surface area contributed by atoms with Crippen LogP contribution in [0, 0.1) is 0 Å². The van der Waals surface area contributed by atoms with E-state index in [-0.39, 0.29) is 10.8 Å². The summed E-state index contributed by atoms with van der Waals surface area (Å²) in [6, 6.07) is 54.6. The van der Waals surface area contributed by atoms with E-state index < -0.39 is 0 Å². The molecule has 0 atom stereocenters. The fourth-order valence-corrected chi connectivity index (χ4v) is 7.92. The third-order valence-electron chi connectivity index (χ3n) is 10.7. The molecule has 0 saturated heterocycles. The van der Waals surface area contributed by atoms with Gasteiger partial charge in [0.2, 0.25) is 0 Å². The Morgan fingerprint density at radius 3 is 1.45 bits per heavy atom.